The van der Waals surface area contributed by atoms with Crippen molar-refractivity contribution in [3.8, 4) is 0 Å². The summed E-state index contributed by atoms with van der Waals surface area (Å²) in [5.41, 5.74) is 0. The fraction of sp³-hybridized carbons (Fsp3) is 0.136. The average Bonchev–Trinajstić information content (AvgIpc) is 3.16. The molecule has 0 saturated heterocycles. The number of fused-ring (bicyclic) bond motifs is 2. The van der Waals surface area contributed by atoms with Gasteiger partial charge in [0.05, 0.1) is 0 Å². The zero-order valence-electron chi connectivity index (χ0n) is 15.1. The van der Waals surface area contributed by atoms with Gasteiger partial charge in [-0.05, 0) is 0 Å². The Morgan fingerprint density at radius 3 is 1.29 bits per heavy atom. The number of hydrogen-bond acceptors (Lipinski definition) is 0. The molecule has 0 fully saturated rings. The zero-order valence-corrected chi connectivity index (χ0v) is 18.5. The van der Waals surface area contributed by atoms with E-state index in [9.17, 15) is 0 Å². The number of benzene rings is 2. The van der Waals surface area contributed by atoms with Crippen molar-refractivity contribution >= 4 is 30.3 Å². The Morgan fingerprint density at radius 1 is 0.625 bits per heavy atom. The summed E-state index contributed by atoms with van der Waals surface area (Å²) in [6.45, 7) is 6.81. The van der Waals surface area contributed by atoms with E-state index >= 15 is 0 Å². The van der Waals surface area contributed by atoms with E-state index in [0.29, 0.717) is 0 Å². The molecule has 0 amide bonds. The summed E-state index contributed by atoms with van der Waals surface area (Å²) >= 11 is 0. The molecule has 0 nitrogen and oxygen atoms in total. The Balaban J connectivity index is 0.000000341. The van der Waals surface area contributed by atoms with Crippen LogP contribution in [-0.4, -0.2) is 8.80 Å². The summed E-state index contributed by atoms with van der Waals surface area (Å²) in [4.78, 5) is 0. The van der Waals surface area contributed by atoms with Gasteiger partial charge in [0.25, 0.3) is 0 Å². The fourth-order valence-electron chi connectivity index (χ4n) is 2.14. The molecule has 0 unspecified atom stereocenters. The van der Waals surface area contributed by atoms with E-state index in [-0.39, 0.29) is 42.4 Å². The van der Waals surface area contributed by atoms with Crippen molar-refractivity contribution < 1.29 is 26.2 Å². The smallest absolute Gasteiger partial charge is 0.358 e. The normalized spacial score (nSPS) is 9.17. The predicted octanol–water partition coefficient (Wildman–Crippen LogP) is 6.94. The van der Waals surface area contributed by atoms with Crippen molar-refractivity contribution in [2.45, 2.75) is 19.6 Å². The van der Waals surface area contributed by atoms with Crippen LogP contribution in [0.2, 0.25) is 19.6 Å². The van der Waals surface area contributed by atoms with Gasteiger partial charge < -0.3 is 7.43 Å². The van der Waals surface area contributed by atoms with Gasteiger partial charge in [-0.2, -0.15) is 35.0 Å². The van der Waals surface area contributed by atoms with E-state index in [0.717, 1.165) is 0 Å². The Hall–Kier alpha value is -1.24. The molecule has 0 saturated carbocycles. The van der Waals surface area contributed by atoms with Crippen LogP contribution in [0.4, 0.5) is 0 Å². The Kier molecular flexibility index (Phi) is 11.5. The fourth-order valence-corrected chi connectivity index (χ4v) is 2.14. The molecule has 0 aliphatic rings. The molecule has 0 N–H and O–H groups in total. The monoisotopic (exact) mass is 408 g/mol. The predicted molar refractivity (Wildman–Crippen MR) is 109 cm³/mol. The van der Waals surface area contributed by atoms with Crippen LogP contribution in [-0.2, 0) is 26.2 Å². The molecular formula is C22H26SiZr. The minimum Gasteiger partial charge on any atom is -0.358 e. The van der Waals surface area contributed by atoms with Crippen molar-refractivity contribution in [2.24, 2.45) is 0 Å². The van der Waals surface area contributed by atoms with E-state index in [1.54, 1.807) is 0 Å². The topological polar surface area (TPSA) is 0 Å². The van der Waals surface area contributed by atoms with Gasteiger partial charge in [0.2, 0.25) is 0 Å². The third kappa shape index (κ3) is 7.55. The van der Waals surface area contributed by atoms with Gasteiger partial charge in [0.1, 0.15) is 0 Å². The van der Waals surface area contributed by atoms with Gasteiger partial charge in [0, 0.05) is 8.80 Å². The minimum absolute atomic E-state index is 0. The summed E-state index contributed by atoms with van der Waals surface area (Å²) < 4.78 is 0. The summed E-state index contributed by atoms with van der Waals surface area (Å²) in [7, 11) is 0.120. The molecule has 0 spiro atoms. The van der Waals surface area contributed by atoms with Crippen LogP contribution < -0.4 is 0 Å². The van der Waals surface area contributed by atoms with Crippen LogP contribution in [0.15, 0.2) is 84.9 Å². The molecule has 4 aromatic rings. The van der Waals surface area contributed by atoms with Gasteiger partial charge >= 0.3 is 26.2 Å². The first-order chi connectivity index (χ1) is 10.7. The standard InChI is InChI=1S/2C9H7.C3H9Si.CH3.Zr/c2*1-2-5-9-7-3-6-8(9)4-1;1-4(2)3;;/h2*1-7H;1-3H3;1H3;/q2*-1;;-1;+3. The molecule has 0 heterocycles. The molecule has 2 heteroatoms. The summed E-state index contributed by atoms with van der Waals surface area (Å²) in [5.74, 6) is 0. The van der Waals surface area contributed by atoms with Crippen molar-refractivity contribution in [1.82, 2.24) is 0 Å². The van der Waals surface area contributed by atoms with Gasteiger partial charge in [-0.3, -0.25) is 0 Å². The molecule has 4 rings (SSSR count). The molecule has 0 aliphatic carbocycles. The third-order valence-corrected chi connectivity index (χ3v) is 3.10. The molecule has 24 heavy (non-hydrogen) atoms. The number of rotatable bonds is 0. The molecule has 122 valence electrons. The van der Waals surface area contributed by atoms with Crippen LogP contribution in [0.25, 0.3) is 21.5 Å². The Labute approximate surface area is 168 Å². The summed E-state index contributed by atoms with van der Waals surface area (Å²) in [6.07, 6.45) is 0. The molecular weight excluding hydrogens is 384 g/mol. The van der Waals surface area contributed by atoms with Crippen LogP contribution >= 0.6 is 0 Å². The Bertz CT molecular complexity index is 666. The van der Waals surface area contributed by atoms with Crippen molar-refractivity contribution in [2.75, 3.05) is 0 Å². The second kappa shape index (κ2) is 12.2. The zero-order chi connectivity index (χ0) is 15.8. The first-order valence-corrected chi connectivity index (χ1v) is 10.6. The van der Waals surface area contributed by atoms with Gasteiger partial charge in [-0.25, -0.2) is 0 Å². The van der Waals surface area contributed by atoms with Crippen LogP contribution in [0, 0.1) is 7.43 Å². The maximum Gasteiger partial charge on any atom is 3.00 e. The quantitative estimate of drug-likeness (QED) is 0.218. The second-order valence-electron chi connectivity index (χ2n) is 5.81. The third-order valence-electron chi connectivity index (χ3n) is 3.10. The second-order valence-corrected chi connectivity index (χ2v) is 8.81. The molecule has 0 atom stereocenters. The SMILES string of the molecule is C[Si](C)C.[CH3-].[Zr+3].c1ccc2[cH-]ccc2c1.c1ccc2[cH-]ccc2c1. The van der Waals surface area contributed by atoms with Gasteiger partial charge in [-0.15, -0.1) is 59.3 Å². The van der Waals surface area contributed by atoms with Gasteiger partial charge in [0.15, 0.2) is 0 Å². The number of hydrogen-bond donors (Lipinski definition) is 0. The van der Waals surface area contributed by atoms with E-state index in [1.165, 1.54) is 21.5 Å². The summed E-state index contributed by atoms with van der Waals surface area (Å²) in [5, 5.41) is 5.32. The Morgan fingerprint density at radius 2 is 0.958 bits per heavy atom. The molecule has 0 aliphatic heterocycles. The van der Waals surface area contributed by atoms with Crippen molar-refractivity contribution in [1.29, 1.82) is 0 Å². The first-order valence-electron chi connectivity index (χ1n) is 7.64. The average molecular weight is 410 g/mol. The van der Waals surface area contributed by atoms with E-state index in [4.69, 9.17) is 0 Å². The van der Waals surface area contributed by atoms with E-state index in [2.05, 4.69) is 105 Å². The van der Waals surface area contributed by atoms with Crippen molar-refractivity contribution in [3.63, 3.8) is 0 Å². The molecule has 2 radical (unpaired) electrons. The van der Waals surface area contributed by atoms with Crippen LogP contribution in [0.5, 0.6) is 0 Å². The van der Waals surface area contributed by atoms with E-state index in [1.807, 2.05) is 0 Å². The largest absolute Gasteiger partial charge is 3.00 e. The maximum atomic E-state index is 2.27. The maximum absolute atomic E-state index is 2.27. The van der Waals surface area contributed by atoms with E-state index < -0.39 is 0 Å². The first kappa shape index (κ1) is 22.8. The molecule has 0 bridgehead atoms. The minimum atomic E-state index is 0. The van der Waals surface area contributed by atoms with Crippen LogP contribution in [0.3, 0.4) is 0 Å². The molecule has 0 aromatic heterocycles. The van der Waals surface area contributed by atoms with Gasteiger partial charge in [-0.1, -0.05) is 31.8 Å². The van der Waals surface area contributed by atoms with Crippen LogP contribution in [0.1, 0.15) is 0 Å². The van der Waals surface area contributed by atoms with Crippen molar-refractivity contribution in [3.05, 3.63) is 92.4 Å². The summed E-state index contributed by atoms with van der Waals surface area (Å²) in [6, 6.07) is 29.3. The molecule has 4 aromatic carbocycles.